The van der Waals surface area contributed by atoms with E-state index in [0.717, 1.165) is 21.5 Å². The van der Waals surface area contributed by atoms with Crippen molar-refractivity contribution in [3.63, 3.8) is 0 Å². The lowest BCUT2D eigenvalue weighted by Crippen LogP contribution is -2.35. The molecule has 2 N–H and O–H groups in total. The van der Waals surface area contributed by atoms with Gasteiger partial charge < -0.3 is 10.2 Å². The van der Waals surface area contributed by atoms with Gasteiger partial charge in [0.2, 0.25) is 0 Å². The highest BCUT2D eigenvalue weighted by molar-refractivity contribution is 9.10. The van der Waals surface area contributed by atoms with Crippen molar-refractivity contribution in [1.82, 2.24) is 19.6 Å². The van der Waals surface area contributed by atoms with Gasteiger partial charge in [-0.05, 0) is 81.7 Å². The van der Waals surface area contributed by atoms with Crippen molar-refractivity contribution in [2.75, 3.05) is 0 Å². The van der Waals surface area contributed by atoms with Crippen LogP contribution in [-0.2, 0) is 34.5 Å². The van der Waals surface area contributed by atoms with Crippen LogP contribution < -0.4 is 11.1 Å². The van der Waals surface area contributed by atoms with Crippen LogP contribution in [0.1, 0.15) is 55.8 Å². The Morgan fingerprint density at radius 2 is 1.14 bits per heavy atom. The molecule has 2 heterocycles. The Bertz CT molecular complexity index is 2160. The van der Waals surface area contributed by atoms with Crippen LogP contribution in [0, 0.1) is 25.5 Å². The lowest BCUT2D eigenvalue weighted by Gasteiger charge is -2.25. The number of hydrogen-bond acceptors (Lipinski definition) is 6. The summed E-state index contributed by atoms with van der Waals surface area (Å²) in [6, 6.07) is 4.98. The molecule has 4 aromatic rings. The average molecular weight is 782 g/mol. The first-order chi connectivity index (χ1) is 22.5. The molecule has 0 aliphatic rings. The lowest BCUT2D eigenvalue weighted by molar-refractivity contribution is -0.143. The average Bonchev–Trinajstić information content (AvgIpc) is 3.00. The third-order valence-corrected chi connectivity index (χ3v) is 9.74. The highest BCUT2D eigenvalue weighted by atomic mass is 79.9. The second-order valence-electron chi connectivity index (χ2n) is 12.1. The lowest BCUT2D eigenvalue weighted by atomic mass is 9.79. The van der Waals surface area contributed by atoms with E-state index in [4.69, 9.17) is 23.2 Å². The third-order valence-electron chi connectivity index (χ3n) is 8.05. The topological polar surface area (TPSA) is 144 Å². The summed E-state index contributed by atoms with van der Waals surface area (Å²) in [5.74, 6) is -3.68. The van der Waals surface area contributed by atoms with Gasteiger partial charge in [-0.2, -0.15) is 10.2 Å². The normalized spacial score (nSPS) is 11.5. The number of benzene rings is 2. The minimum Gasteiger partial charge on any atom is -0.481 e. The van der Waals surface area contributed by atoms with E-state index >= 15 is 0 Å². The predicted octanol–water partition coefficient (Wildman–Crippen LogP) is 7.23. The van der Waals surface area contributed by atoms with Gasteiger partial charge in [-0.3, -0.25) is 19.2 Å². The molecule has 4 rings (SSSR count). The molecule has 0 atom stereocenters. The largest absolute Gasteiger partial charge is 0.481 e. The van der Waals surface area contributed by atoms with Crippen molar-refractivity contribution in [2.45, 2.75) is 52.4 Å². The summed E-state index contributed by atoms with van der Waals surface area (Å²) in [5, 5.41) is 27.8. The summed E-state index contributed by atoms with van der Waals surface area (Å²) in [6.07, 6.45) is 1.34. The number of aryl methyl sites for hydroxylation is 4. The number of halogens is 5. The third kappa shape index (κ3) is 7.10. The minimum absolute atomic E-state index is 0.0655. The van der Waals surface area contributed by atoms with E-state index in [0.29, 0.717) is 11.4 Å². The Morgan fingerprint density at radius 1 is 0.776 bits per heavy atom. The second-order valence-corrected chi connectivity index (χ2v) is 13.7. The van der Waals surface area contributed by atoms with Gasteiger partial charge in [-0.25, -0.2) is 18.1 Å². The van der Waals surface area contributed by atoms with Crippen molar-refractivity contribution in [3.05, 3.63) is 106 Å². The van der Waals surface area contributed by atoms with Gasteiger partial charge in [0.15, 0.2) is 0 Å². The molecule has 0 saturated heterocycles. The van der Waals surface area contributed by atoms with Gasteiger partial charge in [-0.1, -0.05) is 35.9 Å². The van der Waals surface area contributed by atoms with Gasteiger partial charge in [0.25, 0.3) is 11.1 Å². The molecule has 0 saturated carbocycles. The fourth-order valence-electron chi connectivity index (χ4n) is 5.52. The molecule has 260 valence electrons. The van der Waals surface area contributed by atoms with E-state index in [2.05, 4.69) is 32.7 Å². The van der Waals surface area contributed by atoms with Crippen LogP contribution >= 0.6 is 39.1 Å². The minimum atomic E-state index is -1.47. The molecule has 2 aromatic heterocycles. The fraction of sp³-hybridized carbons (Fsp3) is 0.294. The first-order valence-electron chi connectivity index (χ1n) is 14.4. The molecule has 0 unspecified atom stereocenters. The fourth-order valence-corrected chi connectivity index (χ4v) is 6.44. The summed E-state index contributed by atoms with van der Waals surface area (Å²) in [6.45, 7) is 12.6. The number of rotatable bonds is 7. The molecule has 15 heteroatoms. The van der Waals surface area contributed by atoms with Gasteiger partial charge >= 0.3 is 11.9 Å². The summed E-state index contributed by atoms with van der Waals surface area (Å²) in [5.41, 5.74) is -3.24. The second kappa shape index (κ2) is 14.3. The zero-order valence-corrected chi connectivity index (χ0v) is 30.9. The molecule has 0 radical (unpaired) electrons. The van der Waals surface area contributed by atoms with E-state index in [1.165, 1.54) is 60.0 Å². The van der Waals surface area contributed by atoms with Gasteiger partial charge in [0.05, 0.1) is 38.4 Å². The summed E-state index contributed by atoms with van der Waals surface area (Å²) >= 11 is 15.4. The van der Waals surface area contributed by atoms with Gasteiger partial charge in [0, 0.05) is 51.4 Å². The summed E-state index contributed by atoms with van der Waals surface area (Å²) in [4.78, 5) is 49.0. The monoisotopic (exact) mass is 780 g/mol. The number of hydrogen-bond donors (Lipinski definition) is 2. The first-order valence-corrected chi connectivity index (χ1v) is 16.0. The van der Waals surface area contributed by atoms with E-state index in [-0.39, 0.29) is 53.5 Å². The molecule has 10 nitrogen and oxygen atoms in total. The maximum Gasteiger partial charge on any atom is 0.313 e. The van der Waals surface area contributed by atoms with Crippen LogP contribution in [0.5, 0.6) is 0 Å². The van der Waals surface area contributed by atoms with Crippen LogP contribution in [-0.4, -0.2) is 41.7 Å². The number of carboxylic acids is 2. The molecule has 2 aromatic carbocycles. The number of aliphatic carboxylic acids is 2. The van der Waals surface area contributed by atoms with Gasteiger partial charge in [-0.15, -0.1) is 0 Å². The highest BCUT2D eigenvalue weighted by Gasteiger charge is 2.38. The Labute approximate surface area is 298 Å². The Morgan fingerprint density at radius 3 is 1.53 bits per heavy atom. The van der Waals surface area contributed by atoms with Crippen molar-refractivity contribution in [2.24, 2.45) is 14.1 Å². The Kier molecular flexibility index (Phi) is 11.5. The number of carbonyl (C=O) groups is 2. The van der Waals surface area contributed by atoms with Crippen molar-refractivity contribution in [3.8, 4) is 22.3 Å². The molecule has 49 heavy (non-hydrogen) atoms. The molecular formula is C34H33BrCl2F2N4O6. The highest BCUT2D eigenvalue weighted by Crippen LogP contribution is 2.41. The molecule has 0 amide bonds. The maximum atomic E-state index is 14.7. The summed E-state index contributed by atoms with van der Waals surface area (Å²) < 4.78 is 31.5. The maximum absolute atomic E-state index is 14.7. The molecule has 0 fully saturated rings. The zero-order valence-electron chi connectivity index (χ0n) is 27.8. The van der Waals surface area contributed by atoms with Gasteiger partial charge in [0.1, 0.15) is 11.6 Å². The van der Waals surface area contributed by atoms with Crippen LogP contribution in [0.4, 0.5) is 8.78 Å². The molecule has 0 aliphatic carbocycles. The van der Waals surface area contributed by atoms with Crippen molar-refractivity contribution < 1.29 is 28.6 Å². The summed E-state index contributed by atoms with van der Waals surface area (Å²) in [7, 11) is 2.85. The number of nitrogens with zero attached hydrogens (tertiary/aromatic N) is 4. The van der Waals surface area contributed by atoms with E-state index < -0.39 is 45.5 Å². The van der Waals surface area contributed by atoms with Crippen molar-refractivity contribution in [1.29, 1.82) is 0 Å². The predicted molar refractivity (Wildman–Crippen MR) is 188 cm³/mol. The number of aromatic nitrogens is 4. The molecule has 0 bridgehead atoms. The zero-order chi connectivity index (χ0) is 37.5. The quantitative estimate of drug-likeness (QED) is 0.187. The molecule has 0 aliphatic heterocycles. The van der Waals surface area contributed by atoms with E-state index in [1.807, 2.05) is 0 Å². The van der Waals surface area contributed by atoms with Crippen LogP contribution in [0.3, 0.4) is 0 Å². The Hall–Kier alpha value is -4.20. The molecule has 0 spiro atoms. The van der Waals surface area contributed by atoms with Crippen LogP contribution in [0.2, 0.25) is 10.0 Å². The first kappa shape index (κ1) is 39.2. The Balaban J connectivity index is 0.000000266. The van der Waals surface area contributed by atoms with Crippen LogP contribution in [0.15, 0.2) is 44.9 Å². The smallest absolute Gasteiger partial charge is 0.313 e. The van der Waals surface area contributed by atoms with Crippen LogP contribution in [0.25, 0.3) is 28.3 Å². The number of carboxylic acid groups (broad SMARTS) is 2. The standard InChI is InChI=1S/C18H18ClFN2O3.C16H15BrClFN2O3/c1-6-10-11(19)7-8-12(20)13(10)14-15(18(3,4)17(24)25)9(2)21-22(5)16(14)23;1-7-12(16(2,3)15(23)24)11(14(22)21(4)20-7)10-9(19)6-5-8(18)13(10)17/h6-8H,1H2,2-5H3,(H,24,25);5-6H,1-4H3,(H,23,24). The molecular weight excluding hydrogens is 749 g/mol. The van der Waals surface area contributed by atoms with E-state index in [1.54, 1.807) is 13.8 Å². The van der Waals surface area contributed by atoms with Crippen molar-refractivity contribution >= 4 is 57.1 Å². The van der Waals surface area contributed by atoms with E-state index in [9.17, 15) is 38.2 Å². The SMILES string of the molecule is C=Cc1c(Cl)ccc(F)c1-c1c(C(C)(C)C(=O)O)c(C)nn(C)c1=O.Cc1nn(C)c(=O)c(-c2c(F)ccc(Cl)c2Br)c1C(C)(C)C(=O)O.